The molecule has 0 bridgehead atoms. The minimum absolute atomic E-state index is 0.455. The van der Waals surface area contributed by atoms with Gasteiger partial charge in [-0.05, 0) is 32.2 Å². The van der Waals surface area contributed by atoms with Gasteiger partial charge in [0.15, 0.2) is 0 Å². The lowest BCUT2D eigenvalue weighted by atomic mass is 9.77. The summed E-state index contributed by atoms with van der Waals surface area (Å²) in [4.78, 5) is 4.39. The number of rotatable bonds is 0. The van der Waals surface area contributed by atoms with Crippen molar-refractivity contribution in [2.75, 3.05) is 19.6 Å². The lowest BCUT2D eigenvalue weighted by molar-refractivity contribution is 0.278. The average molecular weight is 152 g/mol. The van der Waals surface area contributed by atoms with E-state index in [-0.39, 0.29) is 0 Å². The Kier molecular flexibility index (Phi) is 1.95. The predicted molar refractivity (Wildman–Crippen MR) is 47.1 cm³/mol. The molecule has 62 valence electrons. The van der Waals surface area contributed by atoms with E-state index < -0.39 is 0 Å². The maximum atomic E-state index is 4.39. The van der Waals surface area contributed by atoms with Crippen molar-refractivity contribution in [2.45, 2.75) is 25.7 Å². The molecular formula is C9H16N2. The molecule has 1 unspecified atom stereocenters. The molecule has 1 fully saturated rings. The average Bonchev–Trinajstić information content (AvgIpc) is 2.07. The molecule has 0 saturated carbocycles. The van der Waals surface area contributed by atoms with Gasteiger partial charge < -0.3 is 5.32 Å². The van der Waals surface area contributed by atoms with Crippen LogP contribution in [0.2, 0.25) is 0 Å². The minimum atomic E-state index is 0.455. The van der Waals surface area contributed by atoms with E-state index in [0.717, 1.165) is 13.1 Å². The fraction of sp³-hybridized carbons (Fsp3) is 0.889. The molecule has 1 N–H and O–H groups in total. The second kappa shape index (κ2) is 2.94. The highest BCUT2D eigenvalue weighted by Gasteiger charge is 2.30. The lowest BCUT2D eigenvalue weighted by Gasteiger charge is -2.36. The van der Waals surface area contributed by atoms with E-state index in [0.29, 0.717) is 5.41 Å². The number of aliphatic imine (C=N–C) groups is 1. The quantitative estimate of drug-likeness (QED) is 0.554. The molecular weight excluding hydrogens is 136 g/mol. The maximum Gasteiger partial charge on any atom is 0.0385 e. The molecule has 2 heterocycles. The summed E-state index contributed by atoms with van der Waals surface area (Å²) >= 11 is 0. The largest absolute Gasteiger partial charge is 0.316 e. The van der Waals surface area contributed by atoms with Gasteiger partial charge in [0, 0.05) is 24.7 Å². The van der Waals surface area contributed by atoms with Crippen molar-refractivity contribution in [3.8, 4) is 0 Å². The Hall–Kier alpha value is -0.370. The SMILES string of the molecule is C1=NCCCC12CCCNC2. The molecule has 0 radical (unpaired) electrons. The van der Waals surface area contributed by atoms with Crippen molar-refractivity contribution in [3.05, 3.63) is 0 Å². The molecule has 2 nitrogen and oxygen atoms in total. The van der Waals surface area contributed by atoms with Gasteiger partial charge in [-0.3, -0.25) is 4.99 Å². The summed E-state index contributed by atoms with van der Waals surface area (Å²) in [6, 6.07) is 0. The highest BCUT2D eigenvalue weighted by molar-refractivity contribution is 5.67. The molecule has 0 aromatic carbocycles. The van der Waals surface area contributed by atoms with Crippen molar-refractivity contribution in [2.24, 2.45) is 10.4 Å². The molecule has 0 aromatic rings. The Bertz CT molecular complexity index is 157. The van der Waals surface area contributed by atoms with Gasteiger partial charge in [0.05, 0.1) is 0 Å². The van der Waals surface area contributed by atoms with Crippen molar-refractivity contribution in [1.82, 2.24) is 5.32 Å². The van der Waals surface area contributed by atoms with Crippen LogP contribution >= 0.6 is 0 Å². The first-order valence-corrected chi connectivity index (χ1v) is 4.63. The van der Waals surface area contributed by atoms with E-state index in [4.69, 9.17) is 0 Å². The van der Waals surface area contributed by atoms with Crippen LogP contribution in [0.5, 0.6) is 0 Å². The topological polar surface area (TPSA) is 24.4 Å². The normalized spacial score (nSPS) is 37.8. The molecule has 0 amide bonds. The number of hydrogen-bond donors (Lipinski definition) is 1. The number of nitrogens with one attached hydrogen (secondary N) is 1. The summed E-state index contributed by atoms with van der Waals surface area (Å²) in [6.07, 6.45) is 7.53. The first kappa shape index (κ1) is 7.29. The third kappa shape index (κ3) is 1.45. The van der Waals surface area contributed by atoms with Crippen LogP contribution in [0.4, 0.5) is 0 Å². The fourth-order valence-electron chi connectivity index (χ4n) is 2.16. The molecule has 2 aliphatic heterocycles. The van der Waals surface area contributed by atoms with Crippen LogP contribution in [-0.4, -0.2) is 25.8 Å². The van der Waals surface area contributed by atoms with Gasteiger partial charge in [0.25, 0.3) is 0 Å². The van der Waals surface area contributed by atoms with Crippen LogP contribution in [0, 0.1) is 5.41 Å². The van der Waals surface area contributed by atoms with Gasteiger partial charge in [0.1, 0.15) is 0 Å². The fourth-order valence-corrected chi connectivity index (χ4v) is 2.16. The Balaban J connectivity index is 2.06. The third-order valence-electron chi connectivity index (χ3n) is 2.83. The first-order valence-electron chi connectivity index (χ1n) is 4.63. The van der Waals surface area contributed by atoms with Gasteiger partial charge in [-0.15, -0.1) is 0 Å². The molecule has 2 heteroatoms. The Labute approximate surface area is 68.1 Å². The zero-order valence-electron chi connectivity index (χ0n) is 6.97. The second-order valence-electron chi connectivity index (χ2n) is 3.78. The van der Waals surface area contributed by atoms with Crippen LogP contribution in [0.25, 0.3) is 0 Å². The molecule has 1 spiro atoms. The van der Waals surface area contributed by atoms with Crippen LogP contribution < -0.4 is 5.32 Å². The maximum absolute atomic E-state index is 4.39. The lowest BCUT2D eigenvalue weighted by Crippen LogP contribution is -2.42. The molecule has 0 aliphatic carbocycles. The van der Waals surface area contributed by atoms with Crippen LogP contribution in [-0.2, 0) is 0 Å². The van der Waals surface area contributed by atoms with Crippen LogP contribution in [0.1, 0.15) is 25.7 Å². The zero-order chi connectivity index (χ0) is 7.57. The minimum Gasteiger partial charge on any atom is -0.316 e. The standard InChI is InChI=1S/C9H16N2/c1-3-9(7-10-5-1)4-2-6-11-8-9/h7,11H,1-6,8H2. The summed E-state index contributed by atoms with van der Waals surface area (Å²) < 4.78 is 0. The van der Waals surface area contributed by atoms with Crippen molar-refractivity contribution in [3.63, 3.8) is 0 Å². The van der Waals surface area contributed by atoms with E-state index in [1.165, 1.54) is 32.2 Å². The Morgan fingerprint density at radius 2 is 2.18 bits per heavy atom. The van der Waals surface area contributed by atoms with Crippen molar-refractivity contribution < 1.29 is 0 Å². The predicted octanol–water partition coefficient (Wildman–Crippen LogP) is 1.22. The van der Waals surface area contributed by atoms with E-state index in [9.17, 15) is 0 Å². The highest BCUT2D eigenvalue weighted by atomic mass is 14.9. The molecule has 11 heavy (non-hydrogen) atoms. The summed E-state index contributed by atoms with van der Waals surface area (Å²) in [6.45, 7) is 3.42. The van der Waals surface area contributed by atoms with Gasteiger partial charge in [0.2, 0.25) is 0 Å². The second-order valence-corrected chi connectivity index (χ2v) is 3.78. The van der Waals surface area contributed by atoms with Gasteiger partial charge in [-0.25, -0.2) is 0 Å². The number of hydrogen-bond acceptors (Lipinski definition) is 2. The summed E-state index contributed by atoms with van der Waals surface area (Å²) in [7, 11) is 0. The van der Waals surface area contributed by atoms with Gasteiger partial charge in [-0.1, -0.05) is 0 Å². The molecule has 0 aromatic heterocycles. The summed E-state index contributed by atoms with van der Waals surface area (Å²) in [5.41, 5.74) is 0.455. The smallest absolute Gasteiger partial charge is 0.0385 e. The molecule has 2 rings (SSSR count). The summed E-state index contributed by atoms with van der Waals surface area (Å²) in [5.74, 6) is 0. The van der Waals surface area contributed by atoms with Gasteiger partial charge in [-0.2, -0.15) is 0 Å². The number of piperidine rings is 1. The van der Waals surface area contributed by atoms with E-state index in [1.807, 2.05) is 0 Å². The van der Waals surface area contributed by atoms with E-state index >= 15 is 0 Å². The molecule has 2 aliphatic rings. The van der Waals surface area contributed by atoms with Crippen molar-refractivity contribution in [1.29, 1.82) is 0 Å². The van der Waals surface area contributed by atoms with Gasteiger partial charge >= 0.3 is 0 Å². The Morgan fingerprint density at radius 1 is 1.27 bits per heavy atom. The van der Waals surface area contributed by atoms with E-state index in [1.54, 1.807) is 0 Å². The molecule has 1 atom stereocenters. The van der Waals surface area contributed by atoms with Crippen LogP contribution in [0.3, 0.4) is 0 Å². The zero-order valence-corrected chi connectivity index (χ0v) is 6.97. The van der Waals surface area contributed by atoms with E-state index in [2.05, 4.69) is 16.5 Å². The third-order valence-corrected chi connectivity index (χ3v) is 2.83. The molecule has 1 saturated heterocycles. The Morgan fingerprint density at radius 3 is 2.82 bits per heavy atom. The monoisotopic (exact) mass is 152 g/mol. The summed E-state index contributed by atoms with van der Waals surface area (Å²) in [5, 5.41) is 3.45. The van der Waals surface area contributed by atoms with Crippen LogP contribution in [0.15, 0.2) is 4.99 Å². The number of nitrogens with zero attached hydrogens (tertiary/aromatic N) is 1. The highest BCUT2D eigenvalue weighted by Crippen LogP contribution is 2.31. The van der Waals surface area contributed by atoms with Crippen molar-refractivity contribution >= 4 is 6.21 Å². The first-order chi connectivity index (χ1) is 5.41.